The molecule has 2 aromatic carbocycles. The summed E-state index contributed by atoms with van der Waals surface area (Å²) in [5.74, 6) is 3.08. The predicted octanol–water partition coefficient (Wildman–Crippen LogP) is 33.5. The third-order valence-corrected chi connectivity index (χ3v) is 22.4. The predicted molar refractivity (Wildman–Crippen MR) is 436 cm³/mol. The Morgan fingerprint density at radius 2 is 0.474 bits per heavy atom. The summed E-state index contributed by atoms with van der Waals surface area (Å²) in [7, 11) is 0. The first-order chi connectivity index (χ1) is 48.0. The first-order valence-corrected chi connectivity index (χ1v) is 45.8. The Balaban J connectivity index is 0.00000173. The Morgan fingerprint density at radius 1 is 0.268 bits per heavy atom. The average Bonchev–Trinajstić information content (AvgIpc) is 0.818. The molecule has 0 aliphatic carbocycles. The maximum absolute atomic E-state index is 9.96. The molecule has 0 saturated heterocycles. The SMILES string of the molecule is CCCCCCCCCCCCCCCCCCCCc1cc(CCCCCCCCCCCCCCCCCCCC)cc(C(=CC(=C=[N+]=[N-])CCCCCCCC)c2cc(CCCC)cc(CCCC)c2)c1.CCCCCCCCCC[CH2][Ni][CH2]CCCCCCCCCC. The van der Waals surface area contributed by atoms with Gasteiger partial charge in [-0.15, -0.1) is 4.79 Å². The molecule has 0 spiro atoms. The molecular formula is C94H170N2Ni. The third-order valence-electron chi connectivity index (χ3n) is 21.0. The van der Waals surface area contributed by atoms with Crippen LogP contribution >= 0.6 is 0 Å². The number of allylic oxidation sites excluding steroid dienone is 2. The topological polar surface area (TPSA) is 36.4 Å². The van der Waals surface area contributed by atoms with Crippen molar-refractivity contribution in [2.75, 3.05) is 0 Å². The summed E-state index contributed by atoms with van der Waals surface area (Å²) in [5, 5.41) is 2.86. The number of aryl methyl sites for hydroxylation is 4. The summed E-state index contributed by atoms with van der Waals surface area (Å²) in [6.07, 6.45) is 97.4. The van der Waals surface area contributed by atoms with Gasteiger partial charge in [0.25, 0.3) is 0 Å². The molecule has 3 heteroatoms. The van der Waals surface area contributed by atoms with Gasteiger partial charge in [0.05, 0.1) is 5.57 Å². The summed E-state index contributed by atoms with van der Waals surface area (Å²) < 4.78 is 0. The number of benzene rings is 2. The van der Waals surface area contributed by atoms with Crippen LogP contribution < -0.4 is 0 Å². The Labute approximate surface area is 616 Å². The van der Waals surface area contributed by atoms with E-state index in [-0.39, 0.29) is 0 Å². The quantitative estimate of drug-likeness (QED) is 0.0158. The number of nitrogens with zero attached hydrogens (tertiary/aromatic N) is 2. The summed E-state index contributed by atoms with van der Waals surface area (Å²) in [6.45, 7) is 16.1. The zero-order valence-corrected chi connectivity index (χ0v) is 67.9. The molecule has 0 heterocycles. The number of unbranched alkanes of at least 4 members (excludes halogenated alkanes) is 57. The molecule has 0 unspecified atom stereocenters. The van der Waals surface area contributed by atoms with E-state index in [1.807, 2.05) is 14.4 Å². The Morgan fingerprint density at radius 3 is 0.711 bits per heavy atom. The van der Waals surface area contributed by atoms with Crippen molar-refractivity contribution >= 4 is 11.4 Å². The Bertz CT molecular complexity index is 1950. The van der Waals surface area contributed by atoms with Crippen molar-refractivity contribution in [2.24, 2.45) is 0 Å². The zero-order chi connectivity index (χ0) is 69.9. The maximum atomic E-state index is 9.96. The van der Waals surface area contributed by atoms with Crippen molar-refractivity contribution in [3.05, 3.63) is 87.0 Å². The van der Waals surface area contributed by atoms with Gasteiger partial charge < -0.3 is 5.53 Å². The molecule has 97 heavy (non-hydrogen) atoms. The van der Waals surface area contributed by atoms with Gasteiger partial charge in [0.2, 0.25) is 0 Å². The van der Waals surface area contributed by atoms with Gasteiger partial charge in [-0.25, -0.2) is 0 Å². The van der Waals surface area contributed by atoms with Crippen molar-refractivity contribution in [1.82, 2.24) is 0 Å². The zero-order valence-electron chi connectivity index (χ0n) is 67.0. The second kappa shape index (κ2) is 76.5. The van der Waals surface area contributed by atoms with E-state index in [0.29, 0.717) is 0 Å². The van der Waals surface area contributed by atoms with Gasteiger partial charge in [-0.3, -0.25) is 0 Å². The van der Waals surface area contributed by atoms with Gasteiger partial charge in [-0.05, 0) is 109 Å². The Kier molecular flexibility index (Phi) is 73.2. The molecule has 0 atom stereocenters. The van der Waals surface area contributed by atoms with Gasteiger partial charge in [-0.2, -0.15) is 0 Å². The molecule has 0 N–H and O–H groups in total. The molecule has 2 rings (SSSR count). The molecule has 0 aliphatic heterocycles. The van der Waals surface area contributed by atoms with Gasteiger partial charge >= 0.3 is 161 Å². The Hall–Kier alpha value is -2.17. The van der Waals surface area contributed by atoms with Crippen LogP contribution in [0.2, 0.25) is 10.8 Å². The van der Waals surface area contributed by atoms with E-state index in [2.05, 4.69) is 102 Å². The molecule has 0 aromatic heterocycles. The third kappa shape index (κ3) is 62.2. The van der Waals surface area contributed by atoms with Gasteiger partial charge in [0.1, 0.15) is 0 Å². The minimum atomic E-state index is 0.892. The van der Waals surface area contributed by atoms with Crippen molar-refractivity contribution in [2.45, 2.75) is 502 Å². The van der Waals surface area contributed by atoms with Crippen LogP contribution in [0.4, 0.5) is 0 Å². The second-order valence-electron chi connectivity index (χ2n) is 30.7. The molecule has 0 aliphatic rings. The number of rotatable bonds is 74. The summed E-state index contributed by atoms with van der Waals surface area (Å²) in [6, 6.07) is 15.2. The monoisotopic (exact) mass is 1390 g/mol. The van der Waals surface area contributed by atoms with Crippen LogP contribution in [-0.2, 0) is 40.1 Å². The van der Waals surface area contributed by atoms with E-state index in [0.717, 1.165) is 44.1 Å². The van der Waals surface area contributed by atoms with E-state index in [1.54, 1.807) is 0 Å². The van der Waals surface area contributed by atoms with Crippen LogP contribution in [0, 0.1) is 0 Å². The summed E-state index contributed by atoms with van der Waals surface area (Å²) in [5.41, 5.74) is 20.9. The normalized spacial score (nSPS) is 11.6. The van der Waals surface area contributed by atoms with E-state index in [4.69, 9.17) is 0 Å². The molecule has 0 bridgehead atoms. The molecular weight excluding hydrogens is 1220 g/mol. The van der Waals surface area contributed by atoms with Crippen molar-refractivity contribution in [1.29, 1.82) is 0 Å². The van der Waals surface area contributed by atoms with Crippen LogP contribution in [0.3, 0.4) is 0 Å². The first kappa shape index (κ1) is 92.8. The number of hydrogen-bond donors (Lipinski definition) is 0. The van der Waals surface area contributed by atoms with Crippen LogP contribution in [0.15, 0.2) is 48.0 Å². The van der Waals surface area contributed by atoms with Crippen LogP contribution in [-0.4, -0.2) is 10.7 Å². The molecule has 566 valence electrons. The summed E-state index contributed by atoms with van der Waals surface area (Å²) in [4.78, 5) is 3.55. The molecule has 2 nitrogen and oxygen atoms in total. The second-order valence-corrected chi connectivity index (χ2v) is 32.2. The van der Waals surface area contributed by atoms with Gasteiger partial charge in [-0.1, -0.05) is 334 Å². The molecule has 0 saturated carbocycles. The summed E-state index contributed by atoms with van der Waals surface area (Å²) >= 11 is 2.03. The van der Waals surface area contributed by atoms with Crippen molar-refractivity contribution in [3.8, 4) is 0 Å². The fourth-order valence-corrected chi connectivity index (χ4v) is 15.7. The van der Waals surface area contributed by atoms with Crippen LogP contribution in [0.25, 0.3) is 11.1 Å². The molecule has 0 radical (unpaired) electrons. The average molecular weight is 1390 g/mol. The van der Waals surface area contributed by atoms with Gasteiger partial charge in [0, 0.05) is 0 Å². The van der Waals surface area contributed by atoms with Crippen LogP contribution in [0.1, 0.15) is 499 Å². The van der Waals surface area contributed by atoms with Crippen molar-refractivity contribution in [3.63, 3.8) is 0 Å². The fourth-order valence-electron chi connectivity index (χ4n) is 14.5. The van der Waals surface area contributed by atoms with Crippen molar-refractivity contribution < 1.29 is 19.2 Å². The molecule has 0 fully saturated rings. The van der Waals surface area contributed by atoms with E-state index < -0.39 is 0 Å². The van der Waals surface area contributed by atoms with Crippen LogP contribution in [0.5, 0.6) is 0 Å². The van der Waals surface area contributed by atoms with E-state index in [1.165, 1.54) is 454 Å². The van der Waals surface area contributed by atoms with E-state index >= 15 is 0 Å². The van der Waals surface area contributed by atoms with Gasteiger partial charge in [0.15, 0.2) is 0 Å². The standard InChI is InChI=1S/C72H124N2.2C11H23.Ni/c1-6-11-16-19-22-24-26-28-30-32-34-36-38-40-42-44-47-49-54-67-58-68(55-50-48-45-43-41-39-37-35-33-31-29-27-25-23-20-17-12-7-2)62-71(61-67)72(63-69(64-74-73)56-51-46-21-18-13-8-3)70-59-65(52-14-9-4)57-66(60-70)53-15-10-5;2*1-3-5-7-9-11-10-8-6-4-2;/h57-63H,6-56H2,1-5H3;2*1,3-11H2,2H3;. The minimum absolute atomic E-state index is 0.892. The fraction of sp³-hybridized carbons (Fsp3) is 0.830. The number of hydrogen-bond acceptors (Lipinski definition) is 0. The molecule has 2 aromatic rings. The molecule has 0 amide bonds. The first-order valence-electron chi connectivity index (χ1n) is 44.4. The van der Waals surface area contributed by atoms with E-state index in [9.17, 15) is 5.53 Å².